The van der Waals surface area contributed by atoms with E-state index in [1.807, 2.05) is 20.8 Å². The van der Waals surface area contributed by atoms with Crippen LogP contribution in [0.4, 0.5) is 0 Å². The molecule has 0 radical (unpaired) electrons. The minimum atomic E-state index is -1.30. The molecule has 1 aromatic heterocycles. The van der Waals surface area contributed by atoms with Gasteiger partial charge in [-0.3, -0.25) is 0 Å². The maximum atomic E-state index is 12.1. The van der Waals surface area contributed by atoms with Gasteiger partial charge >= 0.3 is 5.63 Å². The molecule has 0 aliphatic rings. The average Bonchev–Trinajstić information content (AvgIpc) is 2.42. The number of benzene rings is 1. The second-order valence-electron chi connectivity index (χ2n) is 5.83. The highest BCUT2D eigenvalue weighted by Crippen LogP contribution is 2.25. The Kier molecular flexibility index (Phi) is 4.54. The van der Waals surface area contributed by atoms with E-state index in [9.17, 15) is 14.7 Å². The van der Waals surface area contributed by atoms with Crippen LogP contribution in [0.2, 0.25) is 0 Å². The summed E-state index contributed by atoms with van der Waals surface area (Å²) in [7, 11) is 0. The molecular weight excluding hydrogens is 284 g/mol. The molecule has 5 heteroatoms. The molecule has 0 N–H and O–H groups in total. The molecule has 118 valence electrons. The van der Waals surface area contributed by atoms with Gasteiger partial charge in [0, 0.05) is 17.0 Å². The van der Waals surface area contributed by atoms with Crippen molar-refractivity contribution in [3.05, 3.63) is 39.7 Å². The lowest BCUT2D eigenvalue weighted by atomic mass is 9.98. The SMILES string of the molecule is Cc1c(CC(C)C)c(=O)oc2cc(O[C@H](C)C(=O)[O-])ccc12. The zero-order valence-corrected chi connectivity index (χ0v) is 13.1. The highest BCUT2D eigenvalue weighted by atomic mass is 16.5. The van der Waals surface area contributed by atoms with Crippen molar-refractivity contribution in [2.24, 2.45) is 5.92 Å². The topological polar surface area (TPSA) is 79.6 Å². The number of rotatable bonds is 5. The molecule has 1 atom stereocenters. The Hall–Kier alpha value is -2.30. The lowest BCUT2D eigenvalue weighted by molar-refractivity contribution is -0.312. The molecule has 22 heavy (non-hydrogen) atoms. The highest BCUT2D eigenvalue weighted by Gasteiger charge is 2.14. The molecule has 0 saturated heterocycles. The third-order valence-corrected chi connectivity index (χ3v) is 3.52. The zero-order valence-electron chi connectivity index (χ0n) is 13.1. The van der Waals surface area contributed by atoms with Crippen LogP contribution in [-0.2, 0) is 11.2 Å². The van der Waals surface area contributed by atoms with Gasteiger partial charge in [-0.2, -0.15) is 0 Å². The summed E-state index contributed by atoms with van der Waals surface area (Å²) in [6.45, 7) is 7.36. The minimum absolute atomic E-state index is 0.323. The largest absolute Gasteiger partial charge is 0.546 e. The average molecular weight is 303 g/mol. The summed E-state index contributed by atoms with van der Waals surface area (Å²) in [6, 6.07) is 4.96. The van der Waals surface area contributed by atoms with E-state index in [2.05, 4.69) is 0 Å². The van der Waals surface area contributed by atoms with Crippen LogP contribution < -0.4 is 15.5 Å². The third-order valence-electron chi connectivity index (χ3n) is 3.52. The Morgan fingerprint density at radius 1 is 1.32 bits per heavy atom. The molecule has 0 amide bonds. The number of carbonyl (C=O) groups is 1. The van der Waals surface area contributed by atoms with Crippen LogP contribution in [0.5, 0.6) is 5.75 Å². The smallest absolute Gasteiger partial charge is 0.339 e. The Bertz CT molecular complexity index is 757. The highest BCUT2D eigenvalue weighted by molar-refractivity contribution is 5.82. The molecule has 0 spiro atoms. The lowest BCUT2D eigenvalue weighted by Crippen LogP contribution is -2.37. The number of carboxylic acids is 1. The van der Waals surface area contributed by atoms with E-state index in [1.165, 1.54) is 13.0 Å². The van der Waals surface area contributed by atoms with E-state index in [-0.39, 0.29) is 5.63 Å². The first-order valence-corrected chi connectivity index (χ1v) is 7.23. The van der Waals surface area contributed by atoms with Gasteiger partial charge in [0.15, 0.2) is 0 Å². The standard InChI is InChI=1S/C17H20O5/c1-9(2)7-14-10(3)13-6-5-12(21-11(4)16(18)19)8-15(13)22-17(14)20/h5-6,8-9,11H,7H2,1-4H3,(H,18,19)/p-1/t11-/m1/s1. The van der Waals surface area contributed by atoms with Crippen LogP contribution >= 0.6 is 0 Å². The van der Waals surface area contributed by atoms with E-state index >= 15 is 0 Å². The van der Waals surface area contributed by atoms with E-state index < -0.39 is 12.1 Å². The number of hydrogen-bond donors (Lipinski definition) is 0. The molecule has 2 aromatic rings. The van der Waals surface area contributed by atoms with Gasteiger partial charge in [0.2, 0.25) is 0 Å². The second kappa shape index (κ2) is 6.22. The summed E-state index contributed by atoms with van der Waals surface area (Å²) in [5, 5.41) is 11.5. The first-order chi connectivity index (χ1) is 10.3. The van der Waals surface area contributed by atoms with E-state index in [1.54, 1.807) is 12.1 Å². The van der Waals surface area contributed by atoms with E-state index in [0.29, 0.717) is 29.2 Å². The van der Waals surface area contributed by atoms with Crippen LogP contribution in [-0.4, -0.2) is 12.1 Å². The summed E-state index contributed by atoms with van der Waals surface area (Å²) < 4.78 is 10.6. The summed E-state index contributed by atoms with van der Waals surface area (Å²) >= 11 is 0. The Morgan fingerprint density at radius 2 is 2.00 bits per heavy atom. The van der Waals surface area contributed by atoms with Crippen molar-refractivity contribution < 1.29 is 19.1 Å². The molecule has 2 rings (SSSR count). The van der Waals surface area contributed by atoms with Gasteiger partial charge in [-0.05, 0) is 43.9 Å². The van der Waals surface area contributed by atoms with Gasteiger partial charge in [-0.1, -0.05) is 13.8 Å². The maximum Gasteiger partial charge on any atom is 0.339 e. The summed E-state index contributed by atoms with van der Waals surface area (Å²) in [6.07, 6.45) is -0.421. The van der Waals surface area contributed by atoms with Gasteiger partial charge < -0.3 is 19.1 Å². The van der Waals surface area contributed by atoms with Gasteiger partial charge in [-0.15, -0.1) is 0 Å². The van der Waals surface area contributed by atoms with Crippen LogP contribution in [0, 0.1) is 12.8 Å². The number of hydrogen-bond acceptors (Lipinski definition) is 5. The second-order valence-corrected chi connectivity index (χ2v) is 5.83. The van der Waals surface area contributed by atoms with Gasteiger partial charge in [-0.25, -0.2) is 4.79 Å². The number of carbonyl (C=O) groups excluding carboxylic acids is 1. The van der Waals surface area contributed by atoms with Crippen molar-refractivity contribution in [3.63, 3.8) is 0 Å². The minimum Gasteiger partial charge on any atom is -0.546 e. The molecule has 5 nitrogen and oxygen atoms in total. The fraction of sp³-hybridized carbons (Fsp3) is 0.412. The third kappa shape index (κ3) is 3.30. The summed E-state index contributed by atoms with van der Waals surface area (Å²) in [4.78, 5) is 22.8. The Morgan fingerprint density at radius 3 is 2.59 bits per heavy atom. The monoisotopic (exact) mass is 303 g/mol. The van der Waals surface area contributed by atoms with Crippen molar-refractivity contribution in [1.29, 1.82) is 0 Å². The fourth-order valence-corrected chi connectivity index (χ4v) is 2.34. The van der Waals surface area contributed by atoms with Crippen LogP contribution in [0.3, 0.4) is 0 Å². The molecule has 1 heterocycles. The van der Waals surface area contributed by atoms with Crippen molar-refractivity contribution in [2.45, 2.75) is 40.2 Å². The molecule has 0 aliphatic heterocycles. The molecule has 0 fully saturated rings. The zero-order chi connectivity index (χ0) is 16.4. The van der Waals surface area contributed by atoms with E-state index in [4.69, 9.17) is 9.15 Å². The number of aryl methyl sites for hydroxylation is 1. The number of ether oxygens (including phenoxy) is 1. The Balaban J connectivity index is 2.47. The van der Waals surface area contributed by atoms with Gasteiger partial charge in [0.25, 0.3) is 0 Å². The predicted octanol–water partition coefficient (Wildman–Crippen LogP) is 1.82. The molecular formula is C17H19O5-. The number of aliphatic carboxylic acids is 1. The van der Waals surface area contributed by atoms with E-state index in [0.717, 1.165) is 10.9 Å². The molecule has 0 bridgehead atoms. The fourth-order valence-electron chi connectivity index (χ4n) is 2.34. The molecule has 0 saturated carbocycles. The summed E-state index contributed by atoms with van der Waals surface area (Å²) in [5.74, 6) is -0.626. The lowest BCUT2D eigenvalue weighted by Gasteiger charge is -2.16. The quantitative estimate of drug-likeness (QED) is 0.787. The predicted molar refractivity (Wildman–Crippen MR) is 80.9 cm³/mol. The van der Waals surface area contributed by atoms with Crippen LogP contribution in [0.25, 0.3) is 11.0 Å². The van der Waals surface area contributed by atoms with Gasteiger partial charge in [0.1, 0.15) is 17.4 Å². The molecule has 0 aliphatic carbocycles. The van der Waals surface area contributed by atoms with Gasteiger partial charge in [0.05, 0.1) is 5.97 Å². The first kappa shape index (κ1) is 16.1. The maximum absolute atomic E-state index is 12.1. The normalized spacial score (nSPS) is 12.6. The van der Waals surface area contributed by atoms with Crippen LogP contribution in [0.1, 0.15) is 31.9 Å². The van der Waals surface area contributed by atoms with Crippen molar-refractivity contribution in [3.8, 4) is 5.75 Å². The Labute approximate surface area is 128 Å². The molecule has 0 unspecified atom stereocenters. The number of fused-ring (bicyclic) bond motifs is 1. The van der Waals surface area contributed by atoms with Crippen molar-refractivity contribution >= 4 is 16.9 Å². The van der Waals surface area contributed by atoms with Crippen molar-refractivity contribution in [2.75, 3.05) is 0 Å². The van der Waals surface area contributed by atoms with Crippen molar-refractivity contribution in [1.82, 2.24) is 0 Å². The molecule has 1 aromatic carbocycles. The first-order valence-electron chi connectivity index (χ1n) is 7.23. The number of carboxylic acid groups (broad SMARTS) is 1. The summed E-state index contributed by atoms with van der Waals surface area (Å²) in [5.41, 5.74) is 1.60. The van der Waals surface area contributed by atoms with Crippen LogP contribution in [0.15, 0.2) is 27.4 Å².